The fourth-order valence-electron chi connectivity index (χ4n) is 2.33. The monoisotopic (exact) mass is 348 g/mol. The van der Waals surface area contributed by atoms with Crippen LogP contribution in [0, 0.1) is 0 Å². The smallest absolute Gasteiger partial charge is 0.217 e. The van der Waals surface area contributed by atoms with Crippen molar-refractivity contribution in [2.24, 2.45) is 5.73 Å². The van der Waals surface area contributed by atoms with Crippen molar-refractivity contribution in [1.29, 1.82) is 0 Å². The molecule has 1 heterocycles. The summed E-state index contributed by atoms with van der Waals surface area (Å²) in [6, 6.07) is 10.6. The third-order valence-corrected chi connectivity index (χ3v) is 5.09. The average molecular weight is 348 g/mol. The summed E-state index contributed by atoms with van der Waals surface area (Å²) in [7, 11) is -3.34. The molecule has 0 saturated carbocycles. The highest BCUT2D eigenvalue weighted by molar-refractivity contribution is 7.90. The predicted octanol–water partition coefficient (Wildman–Crippen LogP) is 2.01. The molecular formula is C17H20N2O4S. The van der Waals surface area contributed by atoms with E-state index >= 15 is 0 Å². The molecule has 1 aromatic heterocycles. The summed E-state index contributed by atoms with van der Waals surface area (Å²) in [6.45, 7) is 0.379. The minimum Gasteiger partial charge on any atom is -0.489 e. The minimum atomic E-state index is -3.34. The Hall–Kier alpha value is -2.41. The van der Waals surface area contributed by atoms with Gasteiger partial charge in [-0.2, -0.15) is 0 Å². The fourth-order valence-corrected chi connectivity index (χ4v) is 3.53. The van der Waals surface area contributed by atoms with E-state index in [0.717, 1.165) is 11.8 Å². The van der Waals surface area contributed by atoms with Crippen LogP contribution in [0.25, 0.3) is 0 Å². The van der Waals surface area contributed by atoms with Gasteiger partial charge in [0.25, 0.3) is 0 Å². The number of aromatic nitrogens is 1. The Morgan fingerprint density at radius 2 is 1.96 bits per heavy atom. The normalized spacial score (nSPS) is 12.5. The van der Waals surface area contributed by atoms with Crippen LogP contribution in [-0.4, -0.2) is 25.6 Å². The number of nitrogens with two attached hydrogens (primary N) is 1. The van der Waals surface area contributed by atoms with Crippen LogP contribution >= 0.6 is 0 Å². The first-order chi connectivity index (χ1) is 11.4. The molecule has 0 bridgehead atoms. The first-order valence-corrected chi connectivity index (χ1v) is 9.40. The van der Waals surface area contributed by atoms with E-state index in [1.54, 1.807) is 36.7 Å². The lowest BCUT2D eigenvalue weighted by Gasteiger charge is -2.15. The number of carbonyl (C=O) groups excluding carboxylic acids is 1. The van der Waals surface area contributed by atoms with Crippen molar-refractivity contribution in [2.45, 2.75) is 24.7 Å². The summed E-state index contributed by atoms with van der Waals surface area (Å²) in [5.74, 6) is 0.116. The molecule has 1 aromatic carbocycles. The molecule has 1 atom stereocenters. The van der Waals surface area contributed by atoms with Gasteiger partial charge in [0.05, 0.1) is 5.25 Å². The van der Waals surface area contributed by atoms with Crippen LogP contribution in [0.5, 0.6) is 5.75 Å². The summed E-state index contributed by atoms with van der Waals surface area (Å²) in [5.41, 5.74) is 6.68. The maximum absolute atomic E-state index is 11.9. The van der Waals surface area contributed by atoms with E-state index in [4.69, 9.17) is 10.5 Å². The van der Waals surface area contributed by atoms with Crippen LogP contribution in [0.3, 0.4) is 0 Å². The zero-order valence-corrected chi connectivity index (χ0v) is 14.2. The second-order valence-electron chi connectivity index (χ2n) is 5.54. The van der Waals surface area contributed by atoms with Gasteiger partial charge in [-0.3, -0.25) is 9.78 Å². The standard InChI is InChI=1S/C17H20N2O4S/c1-24(21,22)16(8-9-17(18)20)14-4-6-15(7-5-14)23-12-13-3-2-10-19-11-13/h2-7,10-11,16H,8-9,12H2,1H3,(H2,18,20). The summed E-state index contributed by atoms with van der Waals surface area (Å²) >= 11 is 0. The summed E-state index contributed by atoms with van der Waals surface area (Å²) in [4.78, 5) is 14.9. The van der Waals surface area contributed by atoms with Gasteiger partial charge in [0, 0.05) is 30.6 Å². The maximum Gasteiger partial charge on any atom is 0.217 e. The molecule has 128 valence electrons. The van der Waals surface area contributed by atoms with Crippen molar-refractivity contribution < 1.29 is 17.9 Å². The Bertz CT molecular complexity index is 774. The number of hydrogen-bond donors (Lipinski definition) is 1. The number of sulfone groups is 1. The first-order valence-electron chi connectivity index (χ1n) is 7.45. The summed E-state index contributed by atoms with van der Waals surface area (Å²) in [6.07, 6.45) is 4.76. The molecule has 0 aliphatic heterocycles. The number of carbonyl (C=O) groups is 1. The highest BCUT2D eigenvalue weighted by Crippen LogP contribution is 2.28. The number of benzene rings is 1. The predicted molar refractivity (Wildman–Crippen MR) is 91.0 cm³/mol. The van der Waals surface area contributed by atoms with Gasteiger partial charge >= 0.3 is 0 Å². The van der Waals surface area contributed by atoms with E-state index in [9.17, 15) is 13.2 Å². The van der Waals surface area contributed by atoms with Crippen molar-refractivity contribution in [3.05, 3.63) is 59.9 Å². The van der Waals surface area contributed by atoms with Crippen LogP contribution < -0.4 is 10.5 Å². The lowest BCUT2D eigenvalue weighted by molar-refractivity contribution is -0.118. The van der Waals surface area contributed by atoms with Gasteiger partial charge in [-0.15, -0.1) is 0 Å². The van der Waals surface area contributed by atoms with E-state index < -0.39 is 21.0 Å². The Balaban J connectivity index is 2.06. The van der Waals surface area contributed by atoms with Gasteiger partial charge in [0.1, 0.15) is 12.4 Å². The molecule has 0 spiro atoms. The Morgan fingerprint density at radius 1 is 1.25 bits per heavy atom. The molecule has 1 amide bonds. The number of pyridine rings is 1. The number of ether oxygens (including phenoxy) is 1. The topological polar surface area (TPSA) is 99.3 Å². The van der Waals surface area contributed by atoms with Gasteiger partial charge in [-0.05, 0) is 30.2 Å². The minimum absolute atomic E-state index is 0.0248. The first kappa shape index (κ1) is 17.9. The third kappa shape index (κ3) is 5.34. The highest BCUT2D eigenvalue weighted by Gasteiger charge is 2.23. The van der Waals surface area contributed by atoms with E-state index in [-0.39, 0.29) is 12.8 Å². The molecule has 2 aromatic rings. The number of amides is 1. The quantitative estimate of drug-likeness (QED) is 0.787. The van der Waals surface area contributed by atoms with Crippen LogP contribution in [0.2, 0.25) is 0 Å². The van der Waals surface area contributed by atoms with Gasteiger partial charge in [-0.25, -0.2) is 8.42 Å². The number of rotatable bonds is 8. The van der Waals surface area contributed by atoms with Crippen LogP contribution in [0.15, 0.2) is 48.8 Å². The van der Waals surface area contributed by atoms with Gasteiger partial charge in [-0.1, -0.05) is 18.2 Å². The highest BCUT2D eigenvalue weighted by atomic mass is 32.2. The van der Waals surface area contributed by atoms with Crippen molar-refractivity contribution >= 4 is 15.7 Å². The molecule has 2 rings (SSSR count). The number of primary amides is 1. The van der Waals surface area contributed by atoms with Crippen LogP contribution in [0.4, 0.5) is 0 Å². The van der Waals surface area contributed by atoms with Crippen LogP contribution in [0.1, 0.15) is 29.2 Å². The number of hydrogen-bond acceptors (Lipinski definition) is 5. The Labute approximate surface area is 141 Å². The zero-order chi connectivity index (χ0) is 17.6. The lowest BCUT2D eigenvalue weighted by Crippen LogP contribution is -2.16. The molecule has 0 fully saturated rings. The molecule has 0 aliphatic carbocycles. The molecule has 0 aliphatic rings. The third-order valence-electron chi connectivity index (χ3n) is 3.55. The molecular weight excluding hydrogens is 328 g/mol. The van der Waals surface area contributed by atoms with Crippen molar-refractivity contribution in [3.8, 4) is 5.75 Å². The van der Waals surface area contributed by atoms with E-state index in [1.807, 2.05) is 12.1 Å². The average Bonchev–Trinajstić information content (AvgIpc) is 2.53. The van der Waals surface area contributed by atoms with E-state index in [1.165, 1.54) is 0 Å². The van der Waals surface area contributed by atoms with Crippen molar-refractivity contribution in [1.82, 2.24) is 4.98 Å². The molecule has 0 radical (unpaired) electrons. The fraction of sp³-hybridized carbons (Fsp3) is 0.294. The molecule has 24 heavy (non-hydrogen) atoms. The largest absolute Gasteiger partial charge is 0.489 e. The van der Waals surface area contributed by atoms with Gasteiger partial charge in [0.2, 0.25) is 5.91 Å². The molecule has 7 heteroatoms. The second kappa shape index (κ2) is 7.92. The molecule has 6 nitrogen and oxygen atoms in total. The Morgan fingerprint density at radius 3 is 2.50 bits per heavy atom. The zero-order valence-electron chi connectivity index (χ0n) is 13.4. The van der Waals surface area contributed by atoms with Crippen molar-refractivity contribution in [3.63, 3.8) is 0 Å². The van der Waals surface area contributed by atoms with Crippen LogP contribution in [-0.2, 0) is 21.2 Å². The van der Waals surface area contributed by atoms with E-state index in [2.05, 4.69) is 4.98 Å². The molecule has 2 N–H and O–H groups in total. The Kier molecular flexibility index (Phi) is 5.92. The molecule has 0 saturated heterocycles. The molecule has 1 unspecified atom stereocenters. The summed E-state index contributed by atoms with van der Waals surface area (Å²) < 4.78 is 29.5. The maximum atomic E-state index is 11.9. The van der Waals surface area contributed by atoms with E-state index in [0.29, 0.717) is 17.9 Å². The lowest BCUT2D eigenvalue weighted by atomic mass is 10.1. The van der Waals surface area contributed by atoms with Crippen molar-refractivity contribution in [2.75, 3.05) is 6.26 Å². The second-order valence-corrected chi connectivity index (χ2v) is 7.77. The van der Waals surface area contributed by atoms with Gasteiger partial charge < -0.3 is 10.5 Å². The SMILES string of the molecule is CS(=O)(=O)C(CCC(N)=O)c1ccc(OCc2cccnc2)cc1. The summed E-state index contributed by atoms with van der Waals surface area (Å²) in [5, 5.41) is -0.752. The number of nitrogens with zero attached hydrogens (tertiary/aromatic N) is 1. The van der Waals surface area contributed by atoms with Gasteiger partial charge in [0.15, 0.2) is 9.84 Å².